The van der Waals surface area contributed by atoms with Gasteiger partial charge < -0.3 is 50.3 Å². The Morgan fingerprint density at radius 1 is 0.344 bits per heavy atom. The number of nitrogens with one attached hydrogen (secondary N) is 5. The summed E-state index contributed by atoms with van der Waals surface area (Å²) in [6.07, 6.45) is 18.8. The Balaban J connectivity index is 0.000000163. The zero-order chi connectivity index (χ0) is 87.7. The third-order valence-corrected chi connectivity index (χ3v) is 17.1. The molecule has 5 N–H and O–H groups in total. The molecule has 0 saturated heterocycles. The predicted octanol–water partition coefficient (Wildman–Crippen LogP) is 24.1. The molecule has 5 amide bonds. The number of nitrogens with zero attached hydrogens (tertiary/aromatic N) is 5. The molecule has 0 unspecified atom stereocenters. The molecule has 0 aliphatic heterocycles. The number of pyridine rings is 5. The van der Waals surface area contributed by atoms with E-state index < -0.39 is 29.3 Å². The number of aromatic nitrogens is 5. The van der Waals surface area contributed by atoms with Gasteiger partial charge in [-0.2, -0.15) is 13.2 Å². The monoisotopic (exact) mass is 1690 g/mol. The molecule has 15 rings (SSSR count). The molecule has 0 spiro atoms. The van der Waals surface area contributed by atoms with E-state index in [1.165, 1.54) is 36.7 Å². The number of hydrogen-bond donors (Lipinski definition) is 5. The zero-order valence-electron chi connectivity index (χ0n) is 66.1. The van der Waals surface area contributed by atoms with Crippen LogP contribution in [0.25, 0.3) is 0 Å². The highest BCUT2D eigenvalue weighted by Gasteiger charge is 2.31. The lowest BCUT2D eigenvalue weighted by Gasteiger charge is -2.11. The second kappa shape index (κ2) is 45.0. The van der Waals surface area contributed by atoms with Crippen molar-refractivity contribution in [2.24, 2.45) is 0 Å². The van der Waals surface area contributed by atoms with Crippen LogP contribution in [0.4, 0.5) is 50.4 Å². The molecular formula is C99H76ClF5N10O10. The molecule has 5 heterocycles. The van der Waals surface area contributed by atoms with Crippen LogP contribution in [0.5, 0.6) is 57.5 Å². The first kappa shape index (κ1) is 90.7. The Kier molecular flexibility index (Phi) is 32.6. The molecule has 0 aliphatic carbocycles. The molecule has 0 fully saturated rings. The summed E-state index contributed by atoms with van der Waals surface area (Å²) < 4.78 is 93.3. The van der Waals surface area contributed by atoms with E-state index in [0.29, 0.717) is 108 Å². The maximum atomic E-state index is 13.7. The van der Waals surface area contributed by atoms with Crippen LogP contribution in [0.3, 0.4) is 0 Å². The third kappa shape index (κ3) is 29.1. The number of halogens is 6. The van der Waals surface area contributed by atoms with Crippen molar-refractivity contribution >= 4 is 69.6 Å². The highest BCUT2D eigenvalue weighted by atomic mass is 35.5. The highest BCUT2D eigenvalue weighted by Crippen LogP contribution is 2.34. The van der Waals surface area contributed by atoms with Crippen molar-refractivity contribution < 1.29 is 69.6 Å². The summed E-state index contributed by atoms with van der Waals surface area (Å²) in [4.78, 5) is 80.9. The number of anilines is 5. The molecule has 624 valence electrons. The second-order valence-electron chi connectivity index (χ2n) is 26.5. The van der Waals surface area contributed by atoms with Crippen LogP contribution in [-0.2, 0) is 6.18 Å². The Morgan fingerprint density at radius 3 is 1.06 bits per heavy atom. The average molecular weight is 1700 g/mol. The first-order chi connectivity index (χ1) is 59.9. The Morgan fingerprint density at radius 2 is 0.696 bits per heavy atom. The van der Waals surface area contributed by atoms with Crippen molar-refractivity contribution in [3.8, 4) is 82.2 Å². The summed E-state index contributed by atoms with van der Waals surface area (Å²) in [5.74, 6) is 6.87. The number of hydrogen-bond acceptors (Lipinski definition) is 15. The Labute approximate surface area is 722 Å². The van der Waals surface area contributed by atoms with Crippen molar-refractivity contribution in [1.29, 1.82) is 0 Å². The fourth-order valence-electron chi connectivity index (χ4n) is 11.0. The number of carbonyl (C=O) groups excluding carboxylic acids is 5. The smallest absolute Gasteiger partial charge is 0.418 e. The van der Waals surface area contributed by atoms with E-state index in [1.54, 1.807) is 201 Å². The number of amides is 5. The molecule has 0 saturated carbocycles. The van der Waals surface area contributed by atoms with Crippen LogP contribution in [-0.4, -0.2) is 54.5 Å². The molecule has 15 aromatic rings. The highest BCUT2D eigenvalue weighted by molar-refractivity contribution is 6.31. The number of rotatable bonds is 20. The molecule has 26 heteroatoms. The van der Waals surface area contributed by atoms with Gasteiger partial charge >= 0.3 is 6.18 Å². The van der Waals surface area contributed by atoms with Gasteiger partial charge in [-0.25, -0.2) is 8.78 Å². The van der Waals surface area contributed by atoms with E-state index in [2.05, 4.69) is 63.3 Å². The summed E-state index contributed by atoms with van der Waals surface area (Å²) in [5, 5.41) is 14.1. The van der Waals surface area contributed by atoms with E-state index in [-0.39, 0.29) is 58.9 Å². The minimum atomic E-state index is -4.52. The lowest BCUT2D eigenvalue weighted by molar-refractivity contribution is -0.137. The lowest BCUT2D eigenvalue weighted by Crippen LogP contribution is -2.13. The Bertz CT molecular complexity index is 6340. The van der Waals surface area contributed by atoms with Crippen molar-refractivity contribution in [3.63, 3.8) is 0 Å². The molecule has 0 aliphatic rings. The second-order valence-corrected chi connectivity index (χ2v) is 26.9. The van der Waals surface area contributed by atoms with E-state index in [4.69, 9.17) is 48.1 Å². The minimum absolute atomic E-state index is 0. The quantitative estimate of drug-likeness (QED) is 0.0351. The van der Waals surface area contributed by atoms with Gasteiger partial charge in [0, 0.05) is 128 Å². The third-order valence-electron chi connectivity index (χ3n) is 16.8. The van der Waals surface area contributed by atoms with E-state index in [1.807, 2.05) is 99.6 Å². The topological polar surface area (TPSA) is 256 Å². The first-order valence-electron chi connectivity index (χ1n) is 37.4. The number of ether oxygens (including phenoxy) is 5. The van der Waals surface area contributed by atoms with Crippen molar-refractivity contribution in [3.05, 3.63) is 419 Å². The maximum Gasteiger partial charge on any atom is 0.418 e. The van der Waals surface area contributed by atoms with Crippen LogP contribution >= 0.6 is 11.6 Å². The van der Waals surface area contributed by atoms with Crippen LogP contribution in [0, 0.1) is 57.1 Å². The summed E-state index contributed by atoms with van der Waals surface area (Å²) >= 11 is 5.81. The van der Waals surface area contributed by atoms with Crippen molar-refractivity contribution in [2.45, 2.75) is 34.4 Å². The minimum Gasteiger partial charge on any atom is -0.456 e. The zero-order valence-corrected chi connectivity index (χ0v) is 66.8. The van der Waals surface area contributed by atoms with E-state index in [9.17, 15) is 45.9 Å². The van der Waals surface area contributed by atoms with Crippen LogP contribution in [0.2, 0.25) is 5.02 Å². The van der Waals surface area contributed by atoms with Crippen LogP contribution < -0.4 is 50.3 Å². The summed E-state index contributed by atoms with van der Waals surface area (Å²) in [5.41, 5.74) is 8.06. The largest absolute Gasteiger partial charge is 0.456 e. The van der Waals surface area contributed by atoms with Gasteiger partial charge in [0.15, 0.2) is 0 Å². The van der Waals surface area contributed by atoms with Gasteiger partial charge in [0.05, 0.1) is 48.3 Å². The normalized spacial score (nSPS) is 10.2. The van der Waals surface area contributed by atoms with Gasteiger partial charge in [-0.05, 0) is 203 Å². The maximum absolute atomic E-state index is 13.7. The van der Waals surface area contributed by atoms with Crippen LogP contribution in [0.1, 0.15) is 92.7 Å². The van der Waals surface area contributed by atoms with Crippen LogP contribution in [0.15, 0.2) is 341 Å². The summed E-state index contributed by atoms with van der Waals surface area (Å²) in [6.45, 7) is 5.81. The van der Waals surface area contributed by atoms with Gasteiger partial charge in [-0.1, -0.05) is 109 Å². The number of carbonyl (C=O) groups is 5. The summed E-state index contributed by atoms with van der Waals surface area (Å²) in [6, 6.07) is 79.4. The molecule has 125 heavy (non-hydrogen) atoms. The standard InChI is InChI=1S/C21H13F3N2O2.C20H18N2O2.C20H14N2O2.C19H15FN2O2.C18H12ClFN2O2.CH4/c1-2-14-5-3-6-15(9-14)20(27)26-17-7-4-8-18(11-17)28-19-10-16(12-25-13-19)21(22,23)24;1-14-5-3-6-16(11-14)20(23)22-17-7-4-8-18(12-17)24-19-10-9-15(2)21-13-19;1-2-15-6-3-7-16(12-15)20(23)22-17-8-4-9-18(13-17)24-19-10-5-11-21-14-19;1-13-4-2-5-14(8-13)19(23)22-16-6-3-7-17(10-16)24-18-9-15(20)11-21-12-18;19-12-6-7-17(20)16(9-12)18(23)22-13-3-1-4-14(10-13)24-15-5-2-8-21-11-15;/h1,3-13H,(H,26,27);3-13H,1-2H3,(H,22,23);1,3-14H,(H,22,23);2-12H,1H3,(H,22,23);1-11H,(H,22,23);1H4. The van der Waals surface area contributed by atoms with E-state index >= 15 is 0 Å². The molecule has 20 nitrogen and oxygen atoms in total. The fourth-order valence-corrected chi connectivity index (χ4v) is 11.2. The van der Waals surface area contributed by atoms with Gasteiger partial charge in [0.1, 0.15) is 69.1 Å². The molecule has 0 radical (unpaired) electrons. The predicted molar refractivity (Wildman–Crippen MR) is 472 cm³/mol. The number of benzene rings is 10. The molecule has 0 bridgehead atoms. The van der Waals surface area contributed by atoms with Gasteiger partial charge in [0.2, 0.25) is 0 Å². The lowest BCUT2D eigenvalue weighted by atomic mass is 10.1. The SMILES string of the molecule is C.C#Cc1cccc(C(=O)Nc2cccc(Oc3cccnc3)c2)c1.C#Cc1cccc(C(=O)Nc2cccc(Oc3cncc(C(F)(F)F)c3)c2)c1.Cc1cccc(C(=O)Nc2cccc(Oc3ccc(C)nc3)c2)c1.Cc1cccc(C(=O)Nc2cccc(Oc3cncc(F)c3)c2)c1.O=C(Nc1cccc(Oc2cccnc2)c1)c1cc(Cl)ccc1F. The van der Waals surface area contributed by atoms with Gasteiger partial charge in [0.25, 0.3) is 29.5 Å². The van der Waals surface area contributed by atoms with E-state index in [0.717, 1.165) is 35.2 Å². The summed E-state index contributed by atoms with van der Waals surface area (Å²) in [7, 11) is 0. The molecular weight excluding hydrogens is 1620 g/mol. The number of alkyl halides is 3. The van der Waals surface area contributed by atoms with Gasteiger partial charge in [-0.3, -0.25) is 48.9 Å². The number of aryl methyl sites for hydroxylation is 3. The average Bonchev–Trinajstić information content (AvgIpc) is 0.845. The Hall–Kier alpha value is -16.6. The molecule has 0 atom stereocenters. The van der Waals surface area contributed by atoms with Crippen molar-refractivity contribution in [1.82, 2.24) is 24.9 Å². The van der Waals surface area contributed by atoms with Crippen molar-refractivity contribution in [2.75, 3.05) is 26.6 Å². The molecule has 5 aromatic heterocycles. The number of terminal acetylenes is 2. The molecule has 10 aromatic carbocycles. The fraction of sp³-hybridized carbons (Fsp3) is 0.0505. The first-order valence-corrected chi connectivity index (χ1v) is 37.8. The van der Waals surface area contributed by atoms with Gasteiger partial charge in [-0.15, -0.1) is 12.8 Å².